The first-order chi connectivity index (χ1) is 15.3. The third kappa shape index (κ3) is 6.96. The van der Waals surface area contributed by atoms with E-state index in [9.17, 15) is 23.5 Å². The molecular formula is C13H20N5O12P3. The second-order valence-corrected chi connectivity index (χ2v) is 10.9. The number of anilines is 1. The molecule has 3 rings (SSSR count). The summed E-state index contributed by atoms with van der Waals surface area (Å²) in [6.07, 6.45) is 1.93. The van der Waals surface area contributed by atoms with E-state index >= 15 is 0 Å². The summed E-state index contributed by atoms with van der Waals surface area (Å²) in [5, 5.41) is 0. The lowest BCUT2D eigenvalue weighted by Gasteiger charge is -2.21. The molecule has 20 heteroatoms. The SMILES string of the molecule is C=CCO[C@@H]1C[C@H](n2cnc3c(N)ncnc32)OC1COP(=O)(O)OP(=O)(O)OP(=O)(O)O. The Hall–Kier alpha value is -1.58. The first kappa shape index (κ1) is 26.0. The zero-order valence-corrected chi connectivity index (χ0v) is 19.2. The number of fused-ring (bicyclic) bond motifs is 1. The number of nitrogens with zero attached hydrogens (tertiary/aromatic N) is 4. The second-order valence-electron chi connectivity index (χ2n) is 6.50. The number of nitrogens with two attached hydrogens (primary N) is 1. The Balaban J connectivity index is 1.72. The molecule has 33 heavy (non-hydrogen) atoms. The van der Waals surface area contributed by atoms with Crippen molar-refractivity contribution in [3.05, 3.63) is 25.3 Å². The van der Waals surface area contributed by atoms with Crippen LogP contribution >= 0.6 is 23.5 Å². The minimum Gasteiger partial charge on any atom is -0.382 e. The molecule has 2 aromatic heterocycles. The van der Waals surface area contributed by atoms with Gasteiger partial charge in [-0.3, -0.25) is 9.09 Å². The Morgan fingerprint density at radius 1 is 1.18 bits per heavy atom. The Morgan fingerprint density at radius 3 is 2.58 bits per heavy atom. The van der Waals surface area contributed by atoms with Gasteiger partial charge in [0.15, 0.2) is 11.5 Å². The number of phosphoric acid groups is 3. The van der Waals surface area contributed by atoms with Crippen molar-refractivity contribution in [1.29, 1.82) is 0 Å². The third-order valence-corrected chi connectivity index (χ3v) is 7.93. The molecule has 1 aliphatic rings. The van der Waals surface area contributed by atoms with Crippen LogP contribution in [0.25, 0.3) is 11.2 Å². The van der Waals surface area contributed by atoms with Gasteiger partial charge in [-0.05, 0) is 0 Å². The van der Waals surface area contributed by atoms with Crippen molar-refractivity contribution in [3.63, 3.8) is 0 Å². The number of ether oxygens (including phenoxy) is 2. The number of hydrogen-bond donors (Lipinski definition) is 5. The Kier molecular flexibility index (Phi) is 7.86. The van der Waals surface area contributed by atoms with Crippen molar-refractivity contribution in [2.45, 2.75) is 24.9 Å². The molecule has 2 aromatic rings. The zero-order valence-electron chi connectivity index (χ0n) is 16.6. The van der Waals surface area contributed by atoms with Gasteiger partial charge in [-0.2, -0.15) is 8.62 Å². The summed E-state index contributed by atoms with van der Waals surface area (Å²) in [6, 6.07) is 0. The number of hydrogen-bond acceptors (Lipinski definition) is 12. The highest BCUT2D eigenvalue weighted by atomic mass is 31.3. The van der Waals surface area contributed by atoms with Crippen LogP contribution in [0.15, 0.2) is 25.3 Å². The van der Waals surface area contributed by atoms with Crippen LogP contribution in [0.4, 0.5) is 5.82 Å². The minimum absolute atomic E-state index is 0.103. The lowest BCUT2D eigenvalue weighted by Crippen LogP contribution is -2.29. The second kappa shape index (κ2) is 9.96. The Morgan fingerprint density at radius 2 is 1.91 bits per heavy atom. The number of nitrogen functional groups attached to an aromatic ring is 1. The molecule has 5 atom stereocenters. The van der Waals surface area contributed by atoms with E-state index in [1.165, 1.54) is 18.7 Å². The molecule has 3 heterocycles. The van der Waals surface area contributed by atoms with Crippen LogP contribution < -0.4 is 5.73 Å². The molecule has 1 aliphatic heterocycles. The maximum atomic E-state index is 12.0. The van der Waals surface area contributed by atoms with Crippen LogP contribution in [0.2, 0.25) is 0 Å². The highest BCUT2D eigenvalue weighted by Crippen LogP contribution is 2.66. The first-order valence-electron chi connectivity index (χ1n) is 8.89. The van der Waals surface area contributed by atoms with Gasteiger partial charge in [0.2, 0.25) is 0 Å². The molecule has 3 unspecified atom stereocenters. The molecule has 17 nitrogen and oxygen atoms in total. The normalized spacial score (nSPS) is 25.0. The molecule has 0 radical (unpaired) electrons. The van der Waals surface area contributed by atoms with Crippen LogP contribution in [0.5, 0.6) is 0 Å². The monoisotopic (exact) mass is 531 g/mol. The van der Waals surface area contributed by atoms with Crippen molar-refractivity contribution in [1.82, 2.24) is 19.5 Å². The van der Waals surface area contributed by atoms with Crippen molar-refractivity contribution < 1.29 is 55.9 Å². The maximum absolute atomic E-state index is 12.0. The highest BCUT2D eigenvalue weighted by Gasteiger charge is 2.43. The van der Waals surface area contributed by atoms with E-state index in [0.29, 0.717) is 11.2 Å². The van der Waals surface area contributed by atoms with Gasteiger partial charge in [0.1, 0.15) is 24.2 Å². The van der Waals surface area contributed by atoms with Crippen molar-refractivity contribution in [2.24, 2.45) is 0 Å². The van der Waals surface area contributed by atoms with Gasteiger partial charge in [-0.15, -0.1) is 6.58 Å². The van der Waals surface area contributed by atoms with Gasteiger partial charge in [0, 0.05) is 6.42 Å². The zero-order chi connectivity index (χ0) is 24.4. The summed E-state index contributed by atoms with van der Waals surface area (Å²) in [5.41, 5.74) is 6.47. The summed E-state index contributed by atoms with van der Waals surface area (Å²) in [7, 11) is -16.5. The number of phosphoric ester groups is 1. The van der Waals surface area contributed by atoms with E-state index in [2.05, 4.69) is 34.7 Å². The molecule has 6 N–H and O–H groups in total. The largest absolute Gasteiger partial charge is 0.490 e. The quantitative estimate of drug-likeness (QED) is 0.197. The van der Waals surface area contributed by atoms with Crippen LogP contribution in [0, 0.1) is 0 Å². The lowest BCUT2D eigenvalue weighted by molar-refractivity contribution is -0.0551. The maximum Gasteiger partial charge on any atom is 0.490 e. The number of imidazole rings is 1. The predicted molar refractivity (Wildman–Crippen MR) is 108 cm³/mol. The molecule has 184 valence electrons. The van der Waals surface area contributed by atoms with E-state index in [1.807, 2.05) is 0 Å². The van der Waals surface area contributed by atoms with Gasteiger partial charge in [0.25, 0.3) is 0 Å². The summed E-state index contributed by atoms with van der Waals surface area (Å²) in [5.74, 6) is 0.153. The average molecular weight is 531 g/mol. The van der Waals surface area contributed by atoms with Gasteiger partial charge in [-0.1, -0.05) is 6.08 Å². The van der Waals surface area contributed by atoms with E-state index in [1.54, 1.807) is 4.57 Å². The fourth-order valence-electron chi connectivity index (χ4n) is 2.94. The van der Waals surface area contributed by atoms with Crippen LogP contribution in [-0.2, 0) is 36.3 Å². The Labute approximate surface area is 185 Å². The fourth-order valence-corrected chi connectivity index (χ4v) is 5.97. The van der Waals surface area contributed by atoms with Gasteiger partial charge < -0.3 is 34.8 Å². The summed E-state index contributed by atoms with van der Waals surface area (Å²) < 4.78 is 59.2. The molecule has 0 amide bonds. The van der Waals surface area contributed by atoms with Gasteiger partial charge in [-0.25, -0.2) is 28.6 Å². The molecule has 0 spiro atoms. The molecule has 0 saturated carbocycles. The standard InChI is InChI=1S/C13H20N5O12P3/c1-2-3-26-8-4-10(18-7-17-11-12(14)15-6-16-13(11)18)28-9(8)5-27-32(22,23)30-33(24,25)29-31(19,20)21/h2,6-10H,1,3-5H2,(H,22,23)(H,24,25)(H2,14,15,16)(H2,19,20,21)/t8-,9?,10-/m1/s1. The van der Waals surface area contributed by atoms with Crippen LogP contribution in [0.3, 0.4) is 0 Å². The molecule has 1 saturated heterocycles. The van der Waals surface area contributed by atoms with E-state index in [4.69, 9.17) is 25.0 Å². The molecule has 0 bridgehead atoms. The van der Waals surface area contributed by atoms with Crippen molar-refractivity contribution >= 4 is 40.4 Å². The van der Waals surface area contributed by atoms with E-state index in [0.717, 1.165) is 0 Å². The fraction of sp³-hybridized carbons (Fsp3) is 0.462. The number of rotatable bonds is 11. The van der Waals surface area contributed by atoms with E-state index in [-0.39, 0.29) is 18.8 Å². The van der Waals surface area contributed by atoms with Gasteiger partial charge in [0.05, 0.1) is 25.6 Å². The van der Waals surface area contributed by atoms with E-state index < -0.39 is 48.5 Å². The third-order valence-electron chi connectivity index (χ3n) is 4.12. The smallest absolute Gasteiger partial charge is 0.382 e. The van der Waals surface area contributed by atoms with Crippen LogP contribution in [-0.4, -0.2) is 64.5 Å². The van der Waals surface area contributed by atoms with Gasteiger partial charge >= 0.3 is 23.5 Å². The highest BCUT2D eigenvalue weighted by molar-refractivity contribution is 7.66. The predicted octanol–water partition coefficient (Wildman–Crippen LogP) is 0.610. The molecule has 0 aromatic carbocycles. The Bertz CT molecular complexity index is 1150. The molecule has 1 fully saturated rings. The molecule has 0 aliphatic carbocycles. The summed E-state index contributed by atoms with van der Waals surface area (Å²) in [6.45, 7) is 2.97. The first-order valence-corrected chi connectivity index (χ1v) is 13.4. The topological polar surface area (TPSA) is 248 Å². The average Bonchev–Trinajstić information content (AvgIpc) is 3.26. The van der Waals surface area contributed by atoms with Crippen molar-refractivity contribution in [3.8, 4) is 0 Å². The minimum atomic E-state index is -5.64. The van der Waals surface area contributed by atoms with Crippen LogP contribution in [0.1, 0.15) is 12.6 Å². The molecular weight excluding hydrogens is 511 g/mol. The summed E-state index contributed by atoms with van der Waals surface area (Å²) >= 11 is 0. The summed E-state index contributed by atoms with van der Waals surface area (Å²) in [4.78, 5) is 48.2. The number of aromatic nitrogens is 4. The lowest BCUT2D eigenvalue weighted by atomic mass is 10.2. The van der Waals surface area contributed by atoms with Crippen molar-refractivity contribution in [2.75, 3.05) is 18.9 Å².